The minimum absolute atomic E-state index is 0.361. The molecule has 1 rings (SSSR count). The first kappa shape index (κ1) is 39.7. The maximum atomic E-state index is 2.66. The molecule has 0 bridgehead atoms. The Balaban J connectivity index is 0.00000742. The fourth-order valence-corrected chi connectivity index (χ4v) is 9.03. The average Bonchev–Trinajstić information content (AvgIpc) is 2.88. The van der Waals surface area contributed by atoms with Crippen LogP contribution in [-0.4, -0.2) is 0 Å². The molecule has 11 atom stereocenters. The molecule has 0 spiro atoms. The summed E-state index contributed by atoms with van der Waals surface area (Å²) in [5.74, 6) is 9.19. The van der Waals surface area contributed by atoms with Crippen molar-refractivity contribution in [2.24, 2.45) is 81.8 Å². The normalized spacial score (nSPS) is 31.4. The molecule has 0 aromatic rings. The van der Waals surface area contributed by atoms with Crippen LogP contribution in [0.1, 0.15) is 164 Å². The summed E-state index contributed by atoms with van der Waals surface area (Å²) < 4.78 is 0. The summed E-state index contributed by atoms with van der Waals surface area (Å²) in [6, 6.07) is 0. The summed E-state index contributed by atoms with van der Waals surface area (Å²) in [7, 11) is 0. The first-order valence-corrected chi connectivity index (χ1v) is 18.0. The third-order valence-corrected chi connectivity index (χ3v) is 13.0. The third kappa shape index (κ3) is 9.63. The van der Waals surface area contributed by atoms with Gasteiger partial charge in [-0.1, -0.05) is 149 Å². The molecule has 1 fully saturated rings. The predicted octanol–water partition coefficient (Wildman–Crippen LogP) is 13.6. The van der Waals surface area contributed by atoms with Gasteiger partial charge in [0.1, 0.15) is 0 Å². The Morgan fingerprint density at radius 2 is 1.38 bits per heavy atom. The predicted molar refractivity (Wildman–Crippen MR) is 186 cm³/mol. The van der Waals surface area contributed by atoms with E-state index in [1.165, 1.54) is 32.1 Å². The number of hydrogen-bond acceptors (Lipinski definition) is 0. The Morgan fingerprint density at radius 3 is 1.77 bits per heavy atom. The van der Waals surface area contributed by atoms with Gasteiger partial charge in [0, 0.05) is 0 Å². The van der Waals surface area contributed by atoms with Gasteiger partial charge in [-0.3, -0.25) is 0 Å². The maximum Gasteiger partial charge on any atom is -0.0172 e. The zero-order valence-electron chi connectivity index (χ0n) is 31.5. The Hall–Kier alpha value is -0.260. The van der Waals surface area contributed by atoms with Crippen molar-refractivity contribution in [2.45, 2.75) is 164 Å². The topological polar surface area (TPSA) is 0 Å². The third-order valence-electron chi connectivity index (χ3n) is 13.0. The molecule has 0 nitrogen and oxygen atoms in total. The number of hydrogen-bond donors (Lipinski definition) is 0. The molecular formula is C40H80. The number of rotatable bonds is 13. The van der Waals surface area contributed by atoms with Crippen LogP contribution < -0.4 is 0 Å². The van der Waals surface area contributed by atoms with Crippen molar-refractivity contribution >= 4 is 0 Å². The molecule has 240 valence electrons. The molecule has 0 aromatic heterocycles. The highest BCUT2D eigenvalue weighted by Crippen LogP contribution is 2.57. The van der Waals surface area contributed by atoms with Gasteiger partial charge in [0.05, 0.1) is 0 Å². The Labute approximate surface area is 256 Å². The summed E-state index contributed by atoms with van der Waals surface area (Å²) in [5.41, 5.74) is 2.49. The highest BCUT2D eigenvalue weighted by molar-refractivity contribution is 5.19. The van der Waals surface area contributed by atoms with E-state index < -0.39 is 0 Å². The van der Waals surface area contributed by atoms with Crippen LogP contribution in [0.5, 0.6) is 0 Å². The molecule has 0 N–H and O–H groups in total. The lowest BCUT2D eigenvalue weighted by atomic mass is 9.50. The Kier molecular flexibility index (Phi) is 17.0. The monoisotopic (exact) mass is 561 g/mol. The fraction of sp³-hybridized carbons (Fsp3) is 0.950. The van der Waals surface area contributed by atoms with E-state index in [-0.39, 0.29) is 0 Å². The summed E-state index contributed by atoms with van der Waals surface area (Å²) in [6.45, 7) is 46.6. The van der Waals surface area contributed by atoms with Crippen LogP contribution >= 0.6 is 0 Å². The van der Waals surface area contributed by atoms with Gasteiger partial charge in [-0.05, 0) is 108 Å². The lowest BCUT2D eigenvalue weighted by Gasteiger charge is -2.55. The van der Waals surface area contributed by atoms with Gasteiger partial charge < -0.3 is 0 Å². The van der Waals surface area contributed by atoms with Gasteiger partial charge in [0.2, 0.25) is 0 Å². The maximum absolute atomic E-state index is 2.66. The van der Waals surface area contributed by atoms with E-state index in [0.717, 1.165) is 59.2 Å². The van der Waals surface area contributed by atoms with E-state index in [4.69, 9.17) is 0 Å². The largest absolute Gasteiger partial charge is 0.0879 e. The summed E-state index contributed by atoms with van der Waals surface area (Å²) in [4.78, 5) is 0. The minimum atomic E-state index is 0.361. The van der Waals surface area contributed by atoms with Gasteiger partial charge in [0.15, 0.2) is 0 Å². The average molecular weight is 561 g/mol. The standard InChI is InChI=1S/C38H74.C2H6/c1-18-26(7)23-35(27(8)24(3)4)34(28(9)30(11)37(14,15)16)21-20-22-38(17)31(12)33(19-2)29(10)36(25(5)6)32(38)13;1-2/h19,24-32,34-36H,18,20-23H2,1-17H3;1-2H3/b33-19+;. The SMILES string of the molecule is C/C=C1\C(C)C(C(C)C)C(C)C(C)(CCCC(C(C)C(C)C(C)(C)C)C(CC(C)CC)C(C)C(C)C)C1C.CC. The molecule has 1 aliphatic rings. The highest BCUT2D eigenvalue weighted by atomic mass is 14.5. The highest BCUT2D eigenvalue weighted by Gasteiger charge is 2.49. The van der Waals surface area contributed by atoms with Crippen LogP contribution in [0, 0.1) is 81.8 Å². The molecule has 0 saturated heterocycles. The minimum Gasteiger partial charge on any atom is -0.0879 e. The van der Waals surface area contributed by atoms with Crippen molar-refractivity contribution in [3.8, 4) is 0 Å². The number of allylic oxidation sites excluding steroid dienone is 2. The van der Waals surface area contributed by atoms with E-state index >= 15 is 0 Å². The zero-order valence-corrected chi connectivity index (χ0v) is 31.5. The second kappa shape index (κ2) is 17.1. The molecule has 0 aromatic carbocycles. The Morgan fingerprint density at radius 1 is 0.850 bits per heavy atom. The molecule has 11 unspecified atom stereocenters. The van der Waals surface area contributed by atoms with Crippen molar-refractivity contribution in [3.63, 3.8) is 0 Å². The summed E-state index contributed by atoms with van der Waals surface area (Å²) in [5, 5.41) is 0. The van der Waals surface area contributed by atoms with Crippen LogP contribution in [0.4, 0.5) is 0 Å². The smallest absolute Gasteiger partial charge is 0.0172 e. The lowest BCUT2D eigenvalue weighted by Crippen LogP contribution is -2.48. The van der Waals surface area contributed by atoms with Crippen molar-refractivity contribution in [1.29, 1.82) is 0 Å². The van der Waals surface area contributed by atoms with Gasteiger partial charge in [-0.15, -0.1) is 0 Å². The van der Waals surface area contributed by atoms with E-state index in [2.05, 4.69) is 124 Å². The quantitative estimate of drug-likeness (QED) is 0.196. The molecule has 0 heteroatoms. The molecule has 40 heavy (non-hydrogen) atoms. The van der Waals surface area contributed by atoms with Crippen LogP contribution in [0.2, 0.25) is 0 Å². The van der Waals surface area contributed by atoms with Gasteiger partial charge >= 0.3 is 0 Å². The molecular weight excluding hydrogens is 480 g/mol. The summed E-state index contributed by atoms with van der Waals surface area (Å²) in [6.07, 6.45) is 9.36. The first-order valence-electron chi connectivity index (χ1n) is 18.0. The van der Waals surface area contributed by atoms with Gasteiger partial charge in [-0.25, -0.2) is 0 Å². The van der Waals surface area contributed by atoms with E-state index in [0.29, 0.717) is 22.7 Å². The van der Waals surface area contributed by atoms with Crippen LogP contribution in [0.25, 0.3) is 0 Å². The molecule has 0 aliphatic heterocycles. The fourth-order valence-electron chi connectivity index (χ4n) is 9.03. The van der Waals surface area contributed by atoms with E-state index in [9.17, 15) is 0 Å². The second-order valence-electron chi connectivity index (χ2n) is 16.5. The van der Waals surface area contributed by atoms with Crippen LogP contribution in [-0.2, 0) is 0 Å². The molecule has 0 radical (unpaired) electrons. The zero-order chi connectivity index (χ0) is 31.7. The molecule has 0 heterocycles. The van der Waals surface area contributed by atoms with Crippen LogP contribution in [0.3, 0.4) is 0 Å². The lowest BCUT2D eigenvalue weighted by molar-refractivity contribution is -0.0102. The van der Waals surface area contributed by atoms with E-state index in [1.54, 1.807) is 5.57 Å². The Bertz CT molecular complexity index is 704. The first-order chi connectivity index (χ1) is 18.4. The van der Waals surface area contributed by atoms with Crippen molar-refractivity contribution < 1.29 is 0 Å². The van der Waals surface area contributed by atoms with Crippen molar-refractivity contribution in [2.75, 3.05) is 0 Å². The molecule has 1 saturated carbocycles. The van der Waals surface area contributed by atoms with Crippen molar-refractivity contribution in [1.82, 2.24) is 0 Å². The summed E-state index contributed by atoms with van der Waals surface area (Å²) >= 11 is 0. The van der Waals surface area contributed by atoms with Gasteiger partial charge in [-0.2, -0.15) is 0 Å². The van der Waals surface area contributed by atoms with Crippen molar-refractivity contribution in [3.05, 3.63) is 11.6 Å². The molecule has 0 amide bonds. The van der Waals surface area contributed by atoms with E-state index in [1.807, 2.05) is 13.8 Å². The van der Waals surface area contributed by atoms with Gasteiger partial charge in [0.25, 0.3) is 0 Å². The molecule has 1 aliphatic carbocycles. The second-order valence-corrected chi connectivity index (χ2v) is 16.5. The van der Waals surface area contributed by atoms with Crippen LogP contribution in [0.15, 0.2) is 11.6 Å².